The predicted octanol–water partition coefficient (Wildman–Crippen LogP) is 1.70. The third-order valence-electron chi connectivity index (χ3n) is 2.26. The summed E-state index contributed by atoms with van der Waals surface area (Å²) in [5, 5.41) is 0. The van der Waals surface area contributed by atoms with Gasteiger partial charge >= 0.3 is 0 Å². The van der Waals surface area contributed by atoms with Gasteiger partial charge in [-0.25, -0.2) is 9.07 Å². The molecule has 0 aliphatic carbocycles. The quantitative estimate of drug-likeness (QED) is 0.843. The molecular formula is C10H10ClN3O. The molecule has 15 heavy (non-hydrogen) atoms. The molecule has 0 aliphatic rings. The number of amides is 1. The monoisotopic (exact) mass is 223 g/mol. The molecule has 0 bridgehead atoms. The number of primary amides is 1. The summed E-state index contributed by atoms with van der Waals surface area (Å²) in [4.78, 5) is 15.3. The second-order valence-electron chi connectivity index (χ2n) is 3.23. The van der Waals surface area contributed by atoms with Crippen molar-refractivity contribution in [3.05, 3.63) is 29.6 Å². The van der Waals surface area contributed by atoms with Gasteiger partial charge in [0.2, 0.25) is 5.91 Å². The minimum atomic E-state index is -0.459. The highest BCUT2D eigenvalue weighted by Gasteiger charge is 2.09. The molecule has 0 saturated heterocycles. The smallest absolute Gasteiger partial charge is 0.248 e. The van der Waals surface area contributed by atoms with Crippen molar-refractivity contribution in [2.45, 2.75) is 13.3 Å². The molecule has 4 nitrogen and oxygen atoms in total. The Morgan fingerprint density at radius 1 is 1.60 bits per heavy atom. The summed E-state index contributed by atoms with van der Waals surface area (Å²) >= 11 is 6.03. The summed E-state index contributed by atoms with van der Waals surface area (Å²) in [6, 6.07) is 5.04. The number of fused-ring (bicyclic) bond motifs is 1. The zero-order valence-corrected chi connectivity index (χ0v) is 8.95. The molecule has 2 rings (SSSR count). The van der Waals surface area contributed by atoms with Crippen LogP contribution >= 0.6 is 11.8 Å². The van der Waals surface area contributed by atoms with Crippen molar-refractivity contribution < 1.29 is 4.79 Å². The van der Waals surface area contributed by atoms with Crippen LogP contribution in [0.4, 0.5) is 0 Å². The maximum absolute atomic E-state index is 11.0. The number of aromatic nitrogens is 2. The van der Waals surface area contributed by atoms with Crippen LogP contribution in [0.25, 0.3) is 11.0 Å². The number of hydrogen-bond acceptors (Lipinski definition) is 2. The van der Waals surface area contributed by atoms with Crippen LogP contribution in [0.3, 0.4) is 0 Å². The van der Waals surface area contributed by atoms with Gasteiger partial charge in [0.1, 0.15) is 5.82 Å². The first-order valence-electron chi connectivity index (χ1n) is 4.60. The molecule has 78 valence electrons. The third kappa shape index (κ3) is 1.57. The van der Waals surface area contributed by atoms with E-state index >= 15 is 0 Å². The highest BCUT2D eigenvalue weighted by Crippen LogP contribution is 2.19. The topological polar surface area (TPSA) is 60.9 Å². The molecule has 1 amide bonds. The molecule has 0 saturated carbocycles. The van der Waals surface area contributed by atoms with Crippen LogP contribution in [0.2, 0.25) is 0 Å². The number of nitrogens with two attached hydrogens (primary N) is 1. The van der Waals surface area contributed by atoms with E-state index in [1.165, 1.54) is 4.09 Å². The molecule has 0 radical (unpaired) electrons. The van der Waals surface area contributed by atoms with Gasteiger partial charge in [0.25, 0.3) is 0 Å². The van der Waals surface area contributed by atoms with E-state index in [4.69, 9.17) is 17.5 Å². The maximum Gasteiger partial charge on any atom is 0.248 e. The fraction of sp³-hybridized carbons (Fsp3) is 0.200. The number of benzene rings is 1. The lowest BCUT2D eigenvalue weighted by Crippen LogP contribution is -2.10. The standard InChI is InChI=1S/C10H10ClN3O/c1-2-9-13-7-5-6(10(12)15)3-4-8(7)14(9)11/h3-5H,2H2,1H3,(H2,12,15). The molecule has 0 atom stereocenters. The maximum atomic E-state index is 11.0. The molecule has 2 aromatic rings. The normalized spacial score (nSPS) is 10.8. The molecule has 0 unspecified atom stereocenters. The van der Waals surface area contributed by atoms with Crippen molar-refractivity contribution in [2.75, 3.05) is 0 Å². The van der Waals surface area contributed by atoms with Crippen molar-refractivity contribution >= 4 is 28.7 Å². The molecule has 1 aromatic carbocycles. The molecule has 2 N–H and O–H groups in total. The highest BCUT2D eigenvalue weighted by molar-refractivity contribution is 6.19. The Kier molecular flexibility index (Phi) is 2.36. The summed E-state index contributed by atoms with van der Waals surface area (Å²) in [7, 11) is 0. The van der Waals surface area contributed by atoms with E-state index in [9.17, 15) is 4.79 Å². The van der Waals surface area contributed by atoms with E-state index in [-0.39, 0.29) is 0 Å². The summed E-state index contributed by atoms with van der Waals surface area (Å²) < 4.78 is 1.50. The Balaban J connectivity index is 2.68. The van der Waals surface area contributed by atoms with Gasteiger partial charge in [-0.3, -0.25) is 4.79 Å². The Morgan fingerprint density at radius 3 is 2.93 bits per heavy atom. The number of hydrogen-bond donors (Lipinski definition) is 1. The van der Waals surface area contributed by atoms with Crippen molar-refractivity contribution in [3.8, 4) is 0 Å². The average molecular weight is 224 g/mol. The number of imidazole rings is 1. The lowest BCUT2D eigenvalue weighted by Gasteiger charge is -1.96. The molecule has 1 heterocycles. The van der Waals surface area contributed by atoms with Crippen LogP contribution < -0.4 is 5.73 Å². The zero-order valence-electron chi connectivity index (χ0n) is 8.20. The van der Waals surface area contributed by atoms with Crippen LogP contribution in [0.15, 0.2) is 18.2 Å². The number of nitrogens with zero attached hydrogens (tertiary/aromatic N) is 2. The van der Waals surface area contributed by atoms with E-state index < -0.39 is 5.91 Å². The van der Waals surface area contributed by atoms with Crippen LogP contribution in [0.5, 0.6) is 0 Å². The second kappa shape index (κ2) is 3.55. The molecule has 1 aromatic heterocycles. The Bertz CT molecular complexity index is 533. The van der Waals surface area contributed by atoms with E-state index in [0.29, 0.717) is 11.1 Å². The van der Waals surface area contributed by atoms with Gasteiger partial charge in [0, 0.05) is 23.8 Å². The lowest BCUT2D eigenvalue weighted by atomic mass is 10.2. The van der Waals surface area contributed by atoms with Crippen LogP contribution in [-0.2, 0) is 6.42 Å². The predicted molar refractivity (Wildman–Crippen MR) is 58.9 cm³/mol. The Morgan fingerprint density at radius 2 is 2.33 bits per heavy atom. The first kappa shape index (κ1) is 9.98. The van der Waals surface area contributed by atoms with E-state index in [1.807, 2.05) is 6.92 Å². The van der Waals surface area contributed by atoms with Gasteiger partial charge < -0.3 is 5.73 Å². The Labute approximate surface area is 91.8 Å². The van der Waals surface area contributed by atoms with Gasteiger partial charge in [-0.2, -0.15) is 0 Å². The van der Waals surface area contributed by atoms with Crippen LogP contribution in [0.1, 0.15) is 23.1 Å². The summed E-state index contributed by atoms with van der Waals surface area (Å²) in [6.07, 6.45) is 0.740. The van der Waals surface area contributed by atoms with Crippen molar-refractivity contribution in [1.29, 1.82) is 0 Å². The average Bonchev–Trinajstić information content (AvgIpc) is 2.55. The van der Waals surface area contributed by atoms with E-state index in [1.54, 1.807) is 18.2 Å². The summed E-state index contributed by atoms with van der Waals surface area (Å²) in [6.45, 7) is 1.97. The van der Waals surface area contributed by atoms with Gasteiger partial charge in [-0.15, -0.1) is 0 Å². The minimum Gasteiger partial charge on any atom is -0.366 e. The Hall–Kier alpha value is -1.55. The van der Waals surface area contributed by atoms with E-state index in [0.717, 1.165) is 17.8 Å². The van der Waals surface area contributed by atoms with Gasteiger partial charge in [-0.1, -0.05) is 6.92 Å². The second-order valence-corrected chi connectivity index (χ2v) is 3.57. The van der Waals surface area contributed by atoms with Gasteiger partial charge in [0.05, 0.1) is 11.0 Å². The van der Waals surface area contributed by atoms with Crippen molar-refractivity contribution in [2.24, 2.45) is 5.73 Å². The number of aryl methyl sites for hydroxylation is 1. The SMILES string of the molecule is CCc1nc2cc(C(N)=O)ccc2n1Cl. The number of carbonyl (C=O) groups is 1. The first-order chi connectivity index (χ1) is 7.13. The molecular weight excluding hydrogens is 214 g/mol. The summed E-state index contributed by atoms with van der Waals surface area (Å²) in [5.74, 6) is 0.312. The number of rotatable bonds is 2. The third-order valence-corrected chi connectivity index (χ3v) is 2.64. The largest absolute Gasteiger partial charge is 0.366 e. The van der Waals surface area contributed by atoms with Crippen LogP contribution in [0, 0.1) is 0 Å². The fourth-order valence-electron chi connectivity index (χ4n) is 1.47. The van der Waals surface area contributed by atoms with E-state index in [2.05, 4.69) is 4.98 Å². The summed E-state index contributed by atoms with van der Waals surface area (Å²) in [5.41, 5.74) is 7.10. The molecule has 0 aliphatic heterocycles. The van der Waals surface area contributed by atoms with Gasteiger partial charge in [0.15, 0.2) is 0 Å². The molecule has 0 fully saturated rings. The van der Waals surface area contributed by atoms with Gasteiger partial charge in [-0.05, 0) is 18.2 Å². The minimum absolute atomic E-state index is 0.444. The lowest BCUT2D eigenvalue weighted by molar-refractivity contribution is 0.100. The number of halogens is 1. The zero-order chi connectivity index (χ0) is 11.0. The van der Waals surface area contributed by atoms with Crippen LogP contribution in [-0.4, -0.2) is 15.0 Å². The first-order valence-corrected chi connectivity index (χ1v) is 4.94. The fourth-order valence-corrected chi connectivity index (χ4v) is 1.77. The molecule has 0 spiro atoms. The molecule has 5 heteroatoms. The van der Waals surface area contributed by atoms with Crippen molar-refractivity contribution in [3.63, 3.8) is 0 Å². The highest BCUT2D eigenvalue weighted by atomic mass is 35.5. The number of carbonyl (C=O) groups excluding carboxylic acids is 1. The van der Waals surface area contributed by atoms with Crippen molar-refractivity contribution in [1.82, 2.24) is 9.07 Å².